The summed E-state index contributed by atoms with van der Waals surface area (Å²) in [4.78, 5) is 33.5. The van der Waals surface area contributed by atoms with Gasteiger partial charge in [0.15, 0.2) is 22.4 Å². The normalized spacial score (nSPS) is 15.5. The van der Waals surface area contributed by atoms with E-state index in [2.05, 4.69) is 4.98 Å². The number of methoxy groups -OCH3 is 2. The molecule has 1 atom stereocenters. The molecule has 0 saturated heterocycles. The molecule has 0 fully saturated rings. The minimum atomic E-state index is -0.918. The summed E-state index contributed by atoms with van der Waals surface area (Å²) >= 11 is 2.52. The number of anilines is 1. The van der Waals surface area contributed by atoms with Crippen molar-refractivity contribution in [2.45, 2.75) is 19.4 Å². The fourth-order valence-electron chi connectivity index (χ4n) is 4.20. The average Bonchev–Trinajstić information content (AvgIpc) is 3.65. The number of thiazole rings is 1. The molecule has 0 bridgehead atoms. The Labute approximate surface area is 221 Å². The predicted octanol–water partition coefficient (Wildman–Crippen LogP) is 5.95. The molecule has 2 aromatic heterocycles. The van der Waals surface area contributed by atoms with Gasteiger partial charge in [-0.2, -0.15) is 0 Å². The third-order valence-corrected chi connectivity index (χ3v) is 7.84. The van der Waals surface area contributed by atoms with Gasteiger partial charge in [0.1, 0.15) is 5.75 Å². The maximum Gasteiger partial charge on any atom is 0.296 e. The molecule has 1 N–H and O–H groups in total. The highest BCUT2D eigenvalue weighted by molar-refractivity contribution is 7.22. The zero-order chi connectivity index (χ0) is 26.1. The fraction of sp³-hybridized carbons (Fsp3) is 0.222. The van der Waals surface area contributed by atoms with E-state index < -0.39 is 23.5 Å². The van der Waals surface area contributed by atoms with Crippen LogP contribution in [0.15, 0.2) is 65.2 Å². The molecule has 1 amide bonds. The molecule has 3 heterocycles. The molecule has 1 aliphatic heterocycles. The first-order valence-corrected chi connectivity index (χ1v) is 13.3. The number of ether oxygens (including phenoxy) is 3. The largest absolute Gasteiger partial charge is 0.503 e. The van der Waals surface area contributed by atoms with E-state index in [0.717, 1.165) is 11.1 Å². The summed E-state index contributed by atoms with van der Waals surface area (Å²) in [5.41, 5.74) is 1.24. The fourth-order valence-corrected chi connectivity index (χ4v) is 5.90. The van der Waals surface area contributed by atoms with Crippen LogP contribution in [-0.4, -0.2) is 42.6 Å². The maximum atomic E-state index is 13.6. The van der Waals surface area contributed by atoms with Gasteiger partial charge in [-0.1, -0.05) is 30.4 Å². The van der Waals surface area contributed by atoms with Crippen LogP contribution in [0.3, 0.4) is 0 Å². The van der Waals surface area contributed by atoms with Gasteiger partial charge in [0.05, 0.1) is 47.5 Å². The number of benzene rings is 2. The van der Waals surface area contributed by atoms with E-state index in [0.29, 0.717) is 44.9 Å². The number of Topliss-reactive ketones (excluding diaryl/α,β-unsaturated/α-hetero) is 1. The van der Waals surface area contributed by atoms with Crippen molar-refractivity contribution in [1.29, 1.82) is 0 Å². The van der Waals surface area contributed by atoms with Crippen LogP contribution < -0.4 is 19.1 Å². The van der Waals surface area contributed by atoms with Gasteiger partial charge in [0.25, 0.3) is 5.91 Å². The molecule has 190 valence electrons. The lowest BCUT2D eigenvalue weighted by Gasteiger charge is -2.25. The first kappa shape index (κ1) is 24.8. The number of fused-ring (bicyclic) bond motifs is 1. The summed E-state index contributed by atoms with van der Waals surface area (Å²) in [7, 11) is 3.11. The van der Waals surface area contributed by atoms with Gasteiger partial charge >= 0.3 is 0 Å². The average molecular weight is 537 g/mol. The van der Waals surface area contributed by atoms with E-state index in [-0.39, 0.29) is 5.57 Å². The van der Waals surface area contributed by atoms with E-state index >= 15 is 0 Å². The molecule has 1 aliphatic rings. The third kappa shape index (κ3) is 4.42. The van der Waals surface area contributed by atoms with E-state index in [1.807, 2.05) is 13.0 Å². The van der Waals surface area contributed by atoms with Crippen LogP contribution in [0.25, 0.3) is 10.2 Å². The standard InChI is InChI=1S/C27H24N2O6S2/c1-4-11-35-18-10-7-15(13-19(18)34-3)23-22(24(30)20-6-5-12-36-20)25(31)26(32)29(23)27-28-17-9-8-16(33-2)14-21(17)37-27/h5-10,12-14,23,31H,4,11H2,1-3H3/t23-/m1/s1. The topological polar surface area (TPSA) is 98.2 Å². The molecule has 0 unspecified atom stereocenters. The monoisotopic (exact) mass is 536 g/mol. The van der Waals surface area contributed by atoms with Crippen LogP contribution in [0, 0.1) is 0 Å². The molecule has 0 spiro atoms. The van der Waals surface area contributed by atoms with E-state index in [4.69, 9.17) is 14.2 Å². The third-order valence-electron chi connectivity index (χ3n) is 5.95. The lowest BCUT2D eigenvalue weighted by Crippen LogP contribution is -2.31. The van der Waals surface area contributed by atoms with Gasteiger partial charge in [-0.15, -0.1) is 11.3 Å². The summed E-state index contributed by atoms with van der Waals surface area (Å²) in [5.74, 6) is -0.0286. The summed E-state index contributed by atoms with van der Waals surface area (Å²) in [5, 5.41) is 13.1. The summed E-state index contributed by atoms with van der Waals surface area (Å²) in [6.45, 7) is 2.52. The first-order chi connectivity index (χ1) is 18.0. The highest BCUT2D eigenvalue weighted by Crippen LogP contribution is 2.46. The van der Waals surface area contributed by atoms with Crippen LogP contribution in [0.2, 0.25) is 0 Å². The zero-order valence-corrected chi connectivity index (χ0v) is 22.0. The van der Waals surface area contributed by atoms with Crippen molar-refractivity contribution in [3.8, 4) is 17.2 Å². The number of aliphatic hydroxyl groups is 1. The lowest BCUT2D eigenvalue weighted by atomic mass is 9.95. The van der Waals surface area contributed by atoms with Crippen LogP contribution in [-0.2, 0) is 4.79 Å². The smallest absolute Gasteiger partial charge is 0.296 e. The molecule has 4 aromatic rings. The number of aliphatic hydroxyl groups excluding tert-OH is 1. The van der Waals surface area contributed by atoms with E-state index in [9.17, 15) is 14.7 Å². The predicted molar refractivity (Wildman–Crippen MR) is 143 cm³/mol. The second-order valence-corrected chi connectivity index (χ2v) is 10.2. The number of nitrogens with zero attached hydrogens (tertiary/aromatic N) is 2. The molecule has 5 rings (SSSR count). The van der Waals surface area contributed by atoms with Crippen molar-refractivity contribution in [2.75, 3.05) is 25.7 Å². The summed E-state index contributed by atoms with van der Waals surface area (Å²) in [6, 6.07) is 13.2. The number of ketones is 1. The number of aromatic nitrogens is 1. The molecule has 0 saturated carbocycles. The van der Waals surface area contributed by atoms with Gasteiger partial charge < -0.3 is 19.3 Å². The Balaban J connectivity index is 1.66. The number of carbonyl (C=O) groups excluding carboxylic acids is 2. The number of amides is 1. The van der Waals surface area contributed by atoms with Crippen LogP contribution in [0.5, 0.6) is 17.2 Å². The molecule has 10 heteroatoms. The maximum absolute atomic E-state index is 13.6. The summed E-state index contributed by atoms with van der Waals surface area (Å²) < 4.78 is 17.5. The second kappa shape index (κ2) is 10.2. The van der Waals surface area contributed by atoms with Gasteiger partial charge in [0, 0.05) is 0 Å². The molecule has 37 heavy (non-hydrogen) atoms. The lowest BCUT2D eigenvalue weighted by molar-refractivity contribution is -0.117. The minimum Gasteiger partial charge on any atom is -0.503 e. The van der Waals surface area contributed by atoms with Gasteiger partial charge in [0.2, 0.25) is 5.78 Å². The highest BCUT2D eigenvalue weighted by Gasteiger charge is 2.46. The summed E-state index contributed by atoms with van der Waals surface area (Å²) in [6.07, 6.45) is 0.828. The van der Waals surface area contributed by atoms with Gasteiger partial charge in [-0.05, 0) is 53.8 Å². The van der Waals surface area contributed by atoms with Crippen LogP contribution in [0.1, 0.15) is 34.6 Å². The van der Waals surface area contributed by atoms with Crippen molar-refractivity contribution in [2.24, 2.45) is 0 Å². The Morgan fingerprint density at radius 2 is 1.95 bits per heavy atom. The Kier molecular flexibility index (Phi) is 6.86. The molecular formula is C27H24N2O6S2. The van der Waals surface area contributed by atoms with Crippen LogP contribution in [0.4, 0.5) is 5.13 Å². The molecular weight excluding hydrogens is 512 g/mol. The molecule has 8 nitrogen and oxygen atoms in total. The van der Waals surface area contributed by atoms with E-state index in [1.165, 1.54) is 34.7 Å². The first-order valence-electron chi connectivity index (χ1n) is 11.6. The van der Waals surface area contributed by atoms with Gasteiger partial charge in [-0.3, -0.25) is 14.5 Å². The Bertz CT molecular complexity index is 1510. The SMILES string of the molecule is CCCOc1ccc([C@@H]2C(C(=O)c3cccs3)=C(O)C(=O)N2c2nc3ccc(OC)cc3s2)cc1OC. The van der Waals surface area contributed by atoms with Crippen molar-refractivity contribution in [3.05, 3.63) is 75.7 Å². The number of hydrogen-bond donors (Lipinski definition) is 1. The number of carbonyl (C=O) groups is 2. The molecule has 2 aromatic carbocycles. The molecule has 0 radical (unpaired) electrons. The zero-order valence-electron chi connectivity index (χ0n) is 20.4. The molecule has 0 aliphatic carbocycles. The van der Waals surface area contributed by atoms with Crippen LogP contribution >= 0.6 is 22.7 Å². The Hall–Kier alpha value is -3.89. The Morgan fingerprint density at radius 1 is 1.11 bits per heavy atom. The second-order valence-electron chi connectivity index (χ2n) is 8.24. The Morgan fingerprint density at radius 3 is 2.65 bits per heavy atom. The van der Waals surface area contributed by atoms with Crippen molar-refractivity contribution < 1.29 is 28.9 Å². The quantitative estimate of drug-likeness (QED) is 0.264. The number of rotatable bonds is 9. The minimum absolute atomic E-state index is 0.00596. The number of thiophene rings is 1. The number of hydrogen-bond acceptors (Lipinski definition) is 9. The van der Waals surface area contributed by atoms with Crippen molar-refractivity contribution >= 4 is 49.7 Å². The van der Waals surface area contributed by atoms with Crippen molar-refractivity contribution in [1.82, 2.24) is 4.98 Å². The van der Waals surface area contributed by atoms with E-state index in [1.54, 1.807) is 55.0 Å². The van der Waals surface area contributed by atoms with Crippen molar-refractivity contribution in [3.63, 3.8) is 0 Å². The highest BCUT2D eigenvalue weighted by atomic mass is 32.1. The van der Waals surface area contributed by atoms with Gasteiger partial charge in [-0.25, -0.2) is 4.98 Å².